The van der Waals surface area contributed by atoms with E-state index in [-0.39, 0.29) is 5.91 Å². The van der Waals surface area contributed by atoms with Crippen LogP contribution in [0.3, 0.4) is 0 Å². The van der Waals surface area contributed by atoms with Crippen LogP contribution in [0.2, 0.25) is 0 Å². The van der Waals surface area contributed by atoms with Crippen molar-refractivity contribution in [2.24, 2.45) is 7.05 Å². The molecule has 1 aromatic heterocycles. The van der Waals surface area contributed by atoms with Crippen LogP contribution in [0.15, 0.2) is 0 Å². The smallest absolute Gasteiger partial charge is 0.241 e. The monoisotopic (exact) mass is 239 g/mol. The fourth-order valence-electron chi connectivity index (χ4n) is 1.68. The third-order valence-corrected chi connectivity index (χ3v) is 2.74. The summed E-state index contributed by atoms with van der Waals surface area (Å²) in [5, 5.41) is 4.26. The number of rotatable bonds is 4. The molecule has 0 aliphatic rings. The Morgan fingerprint density at radius 3 is 2.41 bits per heavy atom. The first kappa shape index (κ1) is 13.3. The molecule has 0 spiro atoms. The van der Waals surface area contributed by atoms with Crippen LogP contribution < -0.4 is 10.6 Å². The maximum absolute atomic E-state index is 11.7. The van der Waals surface area contributed by atoms with Gasteiger partial charge < -0.3 is 15.5 Å². The molecular weight excluding hydrogens is 218 g/mol. The van der Waals surface area contributed by atoms with Crippen LogP contribution in [-0.4, -0.2) is 47.8 Å². The Hall–Kier alpha value is -1.72. The molecule has 0 aliphatic heterocycles. The van der Waals surface area contributed by atoms with E-state index in [4.69, 9.17) is 5.73 Å². The molecule has 1 heterocycles. The second kappa shape index (κ2) is 5.07. The highest BCUT2D eigenvalue weighted by atomic mass is 16.2. The Morgan fingerprint density at radius 1 is 1.47 bits per heavy atom. The molecule has 0 fully saturated rings. The number of nitrogens with zero attached hydrogens (tertiary/aromatic N) is 4. The number of hydrogen-bond acceptors (Lipinski definition) is 4. The fraction of sp³-hybridized carbons (Fsp3) is 0.636. The summed E-state index contributed by atoms with van der Waals surface area (Å²) in [5.41, 5.74) is 7.41. The Morgan fingerprint density at radius 2 is 2.06 bits per heavy atom. The number of amides is 1. The number of nitrogen functional groups attached to an aromatic ring is 1. The van der Waals surface area contributed by atoms with E-state index in [0.717, 1.165) is 11.5 Å². The summed E-state index contributed by atoms with van der Waals surface area (Å²) in [6.07, 6.45) is 0. The number of aromatic nitrogens is 2. The highest BCUT2D eigenvalue weighted by Crippen LogP contribution is 2.25. The SMILES string of the molecule is CCN(CC(=O)N(C)C)c1c(N)c(C)nn1C. The van der Waals surface area contributed by atoms with Crippen LogP contribution in [-0.2, 0) is 11.8 Å². The zero-order valence-electron chi connectivity index (χ0n) is 11.2. The van der Waals surface area contributed by atoms with E-state index in [1.807, 2.05) is 25.8 Å². The van der Waals surface area contributed by atoms with Crippen molar-refractivity contribution in [3.05, 3.63) is 5.69 Å². The number of hydrogen-bond donors (Lipinski definition) is 1. The van der Waals surface area contributed by atoms with E-state index < -0.39 is 0 Å². The first-order valence-electron chi connectivity index (χ1n) is 5.62. The van der Waals surface area contributed by atoms with Gasteiger partial charge in [-0.1, -0.05) is 0 Å². The third kappa shape index (κ3) is 2.69. The average molecular weight is 239 g/mol. The van der Waals surface area contributed by atoms with Gasteiger partial charge >= 0.3 is 0 Å². The van der Waals surface area contributed by atoms with Crippen molar-refractivity contribution in [3.63, 3.8) is 0 Å². The van der Waals surface area contributed by atoms with Gasteiger partial charge in [0, 0.05) is 27.7 Å². The lowest BCUT2D eigenvalue weighted by Gasteiger charge is -2.24. The number of anilines is 2. The summed E-state index contributed by atoms with van der Waals surface area (Å²) in [5.74, 6) is 0.852. The van der Waals surface area contributed by atoms with E-state index in [9.17, 15) is 4.79 Å². The summed E-state index contributed by atoms with van der Waals surface area (Å²) in [7, 11) is 5.32. The predicted octanol–water partition coefficient (Wildman–Crippen LogP) is 0.225. The number of aryl methyl sites for hydroxylation is 2. The topological polar surface area (TPSA) is 67.4 Å². The summed E-state index contributed by atoms with van der Waals surface area (Å²) in [6, 6.07) is 0. The van der Waals surface area contributed by atoms with Gasteiger partial charge in [-0.05, 0) is 13.8 Å². The molecule has 1 amide bonds. The van der Waals surface area contributed by atoms with Crippen molar-refractivity contribution in [1.82, 2.24) is 14.7 Å². The maximum atomic E-state index is 11.7. The van der Waals surface area contributed by atoms with Gasteiger partial charge in [-0.15, -0.1) is 0 Å². The molecule has 17 heavy (non-hydrogen) atoms. The lowest BCUT2D eigenvalue weighted by Crippen LogP contribution is -2.37. The Kier molecular flexibility index (Phi) is 3.98. The Bertz CT molecular complexity index is 410. The molecule has 2 N–H and O–H groups in total. The van der Waals surface area contributed by atoms with Crippen LogP contribution >= 0.6 is 0 Å². The molecule has 0 aromatic carbocycles. The molecule has 0 bridgehead atoms. The average Bonchev–Trinajstić information content (AvgIpc) is 2.50. The van der Waals surface area contributed by atoms with Gasteiger partial charge in [-0.25, -0.2) is 0 Å². The number of likely N-dealkylation sites (N-methyl/N-ethyl adjacent to an activating group) is 2. The predicted molar refractivity (Wildman–Crippen MR) is 68.9 cm³/mol. The summed E-state index contributed by atoms with van der Waals surface area (Å²) in [6.45, 7) is 4.88. The van der Waals surface area contributed by atoms with Gasteiger partial charge in [0.1, 0.15) is 0 Å². The molecule has 96 valence electrons. The van der Waals surface area contributed by atoms with Gasteiger partial charge in [-0.3, -0.25) is 9.48 Å². The molecule has 0 aliphatic carbocycles. The van der Waals surface area contributed by atoms with Crippen molar-refractivity contribution in [1.29, 1.82) is 0 Å². The second-order valence-corrected chi connectivity index (χ2v) is 4.25. The molecule has 6 heteroatoms. The summed E-state index contributed by atoms with van der Waals surface area (Å²) >= 11 is 0. The Labute approximate surface area is 102 Å². The van der Waals surface area contributed by atoms with Crippen molar-refractivity contribution in [2.45, 2.75) is 13.8 Å². The van der Waals surface area contributed by atoms with Gasteiger partial charge in [0.2, 0.25) is 5.91 Å². The lowest BCUT2D eigenvalue weighted by atomic mass is 10.3. The van der Waals surface area contributed by atoms with Crippen molar-refractivity contribution in [2.75, 3.05) is 37.8 Å². The van der Waals surface area contributed by atoms with E-state index in [2.05, 4.69) is 5.10 Å². The molecule has 0 atom stereocenters. The first-order valence-corrected chi connectivity index (χ1v) is 5.62. The van der Waals surface area contributed by atoms with E-state index >= 15 is 0 Å². The zero-order valence-corrected chi connectivity index (χ0v) is 11.2. The maximum Gasteiger partial charge on any atom is 0.241 e. The van der Waals surface area contributed by atoms with Crippen LogP contribution in [0.4, 0.5) is 11.5 Å². The molecule has 0 unspecified atom stereocenters. The normalized spacial score (nSPS) is 10.4. The molecule has 0 saturated carbocycles. The summed E-state index contributed by atoms with van der Waals surface area (Å²) < 4.78 is 1.72. The van der Waals surface area contributed by atoms with Crippen LogP contribution in [0.5, 0.6) is 0 Å². The lowest BCUT2D eigenvalue weighted by molar-refractivity contribution is -0.127. The van der Waals surface area contributed by atoms with Crippen molar-refractivity contribution < 1.29 is 4.79 Å². The third-order valence-electron chi connectivity index (χ3n) is 2.74. The van der Waals surface area contributed by atoms with Gasteiger partial charge in [0.15, 0.2) is 5.82 Å². The van der Waals surface area contributed by atoms with Crippen LogP contribution in [0.25, 0.3) is 0 Å². The zero-order chi connectivity index (χ0) is 13.2. The quantitative estimate of drug-likeness (QED) is 0.816. The van der Waals surface area contributed by atoms with Gasteiger partial charge in [0.25, 0.3) is 0 Å². The molecule has 0 radical (unpaired) electrons. The largest absolute Gasteiger partial charge is 0.394 e. The highest BCUT2D eigenvalue weighted by molar-refractivity contribution is 5.82. The molecular formula is C11H21N5O. The number of nitrogens with two attached hydrogens (primary N) is 1. The molecule has 6 nitrogen and oxygen atoms in total. The summed E-state index contributed by atoms with van der Waals surface area (Å²) in [4.78, 5) is 15.2. The molecule has 1 aromatic rings. The van der Waals surface area contributed by atoms with E-state index in [1.54, 1.807) is 23.7 Å². The Balaban J connectivity index is 2.98. The fourth-order valence-corrected chi connectivity index (χ4v) is 1.68. The van der Waals surface area contributed by atoms with Crippen molar-refractivity contribution >= 4 is 17.4 Å². The minimum absolute atomic E-state index is 0.0464. The second-order valence-electron chi connectivity index (χ2n) is 4.25. The van der Waals surface area contributed by atoms with E-state index in [0.29, 0.717) is 18.8 Å². The molecule has 1 rings (SSSR count). The van der Waals surface area contributed by atoms with Crippen LogP contribution in [0.1, 0.15) is 12.6 Å². The minimum Gasteiger partial charge on any atom is -0.394 e. The van der Waals surface area contributed by atoms with Crippen molar-refractivity contribution in [3.8, 4) is 0 Å². The first-order chi connectivity index (χ1) is 7.88. The number of carbonyl (C=O) groups excluding carboxylic acids is 1. The van der Waals surface area contributed by atoms with E-state index in [1.165, 1.54) is 0 Å². The standard InChI is InChI=1S/C11H21N5O/c1-6-16(7-9(17)14(3)4)11-10(12)8(2)13-15(11)5/h6-7,12H2,1-5H3. The minimum atomic E-state index is 0.0464. The number of carbonyl (C=O) groups is 1. The molecule has 0 saturated heterocycles. The van der Waals surface area contributed by atoms with Crippen LogP contribution in [0, 0.1) is 6.92 Å². The highest BCUT2D eigenvalue weighted by Gasteiger charge is 2.19. The van der Waals surface area contributed by atoms with Gasteiger partial charge in [-0.2, -0.15) is 5.10 Å². The van der Waals surface area contributed by atoms with Gasteiger partial charge in [0.05, 0.1) is 17.9 Å².